The number of amides is 1. The number of rotatable bonds is 4. The van der Waals surface area contributed by atoms with E-state index in [-0.39, 0.29) is 5.91 Å². The van der Waals surface area contributed by atoms with Crippen LogP contribution in [0.1, 0.15) is 11.1 Å². The van der Waals surface area contributed by atoms with E-state index in [0.717, 1.165) is 34.9 Å². The van der Waals surface area contributed by atoms with E-state index in [2.05, 4.69) is 11.0 Å². The van der Waals surface area contributed by atoms with Crippen molar-refractivity contribution in [2.24, 2.45) is 0 Å². The molecule has 1 amide bonds. The summed E-state index contributed by atoms with van der Waals surface area (Å²) in [4.78, 5) is 17.7. The molecule has 3 aromatic rings. The zero-order valence-corrected chi connectivity index (χ0v) is 18.0. The lowest BCUT2D eigenvalue weighted by Crippen LogP contribution is -2.49. The third-order valence-corrected chi connectivity index (χ3v) is 5.84. The summed E-state index contributed by atoms with van der Waals surface area (Å²) in [5, 5.41) is 1.35. The molecule has 1 aliphatic rings. The monoisotopic (exact) mass is 436 g/mol. The molecule has 0 radical (unpaired) electrons. The number of nitrogens with zero attached hydrogens (tertiary/aromatic N) is 2. The Kier molecular flexibility index (Phi) is 6.41. The van der Waals surface area contributed by atoms with Gasteiger partial charge in [0.15, 0.2) is 0 Å². The van der Waals surface area contributed by atoms with E-state index < -0.39 is 0 Å². The molecule has 152 valence electrons. The summed E-state index contributed by atoms with van der Waals surface area (Å²) in [5.41, 5.74) is 3.47. The van der Waals surface area contributed by atoms with E-state index in [1.807, 2.05) is 83.8 Å². The van der Waals surface area contributed by atoms with Gasteiger partial charge in [-0.15, -0.1) is 0 Å². The van der Waals surface area contributed by atoms with Gasteiger partial charge in [-0.1, -0.05) is 77.8 Å². The van der Waals surface area contributed by atoms with Gasteiger partial charge in [-0.25, -0.2) is 0 Å². The summed E-state index contributed by atoms with van der Waals surface area (Å²) >= 11 is 12.5. The minimum absolute atomic E-state index is 0.0202. The SMILES string of the molecule is O=C(/C(=C/c1ccccc1Cl)c1ccccc1)N1CCN(c2cccc(Cl)c2)CC1. The van der Waals surface area contributed by atoms with Crippen LogP contribution in [-0.2, 0) is 4.79 Å². The average Bonchev–Trinajstić information content (AvgIpc) is 2.79. The Morgan fingerprint density at radius 3 is 2.20 bits per heavy atom. The lowest BCUT2D eigenvalue weighted by Gasteiger charge is -2.36. The second-order valence-electron chi connectivity index (χ2n) is 7.20. The van der Waals surface area contributed by atoms with E-state index in [4.69, 9.17) is 23.2 Å². The van der Waals surface area contributed by atoms with Crippen molar-refractivity contribution in [1.82, 2.24) is 4.90 Å². The van der Waals surface area contributed by atoms with Gasteiger partial charge in [0, 0.05) is 47.5 Å². The molecule has 0 aromatic heterocycles. The van der Waals surface area contributed by atoms with Crippen LogP contribution in [0.15, 0.2) is 78.9 Å². The van der Waals surface area contributed by atoms with E-state index in [1.54, 1.807) is 0 Å². The molecule has 3 aromatic carbocycles. The molecule has 0 saturated carbocycles. The Labute approximate surface area is 187 Å². The third kappa shape index (κ3) is 4.69. The van der Waals surface area contributed by atoms with Crippen molar-refractivity contribution in [3.8, 4) is 0 Å². The topological polar surface area (TPSA) is 23.6 Å². The Hall–Kier alpha value is -2.75. The smallest absolute Gasteiger partial charge is 0.254 e. The summed E-state index contributed by atoms with van der Waals surface area (Å²) < 4.78 is 0. The fraction of sp³-hybridized carbons (Fsp3) is 0.160. The largest absolute Gasteiger partial charge is 0.368 e. The second kappa shape index (κ2) is 9.38. The lowest BCUT2D eigenvalue weighted by atomic mass is 10.0. The molecule has 3 nitrogen and oxygen atoms in total. The molecule has 5 heteroatoms. The normalized spacial score (nSPS) is 14.7. The molecule has 0 atom stereocenters. The van der Waals surface area contributed by atoms with Gasteiger partial charge in [-0.2, -0.15) is 0 Å². The summed E-state index contributed by atoms with van der Waals surface area (Å²) in [6.07, 6.45) is 1.89. The van der Waals surface area contributed by atoms with E-state index in [0.29, 0.717) is 23.7 Å². The molecule has 30 heavy (non-hydrogen) atoms. The number of piperazine rings is 1. The summed E-state index contributed by atoms with van der Waals surface area (Å²) in [7, 11) is 0. The maximum Gasteiger partial charge on any atom is 0.254 e. The van der Waals surface area contributed by atoms with Gasteiger partial charge in [-0.05, 0) is 41.5 Å². The molecule has 1 saturated heterocycles. The minimum Gasteiger partial charge on any atom is -0.368 e. The van der Waals surface area contributed by atoms with E-state index in [9.17, 15) is 4.79 Å². The average molecular weight is 437 g/mol. The highest BCUT2D eigenvalue weighted by atomic mass is 35.5. The number of benzene rings is 3. The predicted molar refractivity (Wildman–Crippen MR) is 126 cm³/mol. The van der Waals surface area contributed by atoms with Crippen LogP contribution >= 0.6 is 23.2 Å². The van der Waals surface area contributed by atoms with Gasteiger partial charge in [0.2, 0.25) is 0 Å². The van der Waals surface area contributed by atoms with Crippen LogP contribution in [0.25, 0.3) is 11.6 Å². The molecule has 0 spiro atoms. The Morgan fingerprint density at radius 2 is 1.50 bits per heavy atom. The molecule has 1 aliphatic heterocycles. The number of carbonyl (C=O) groups excluding carboxylic acids is 1. The summed E-state index contributed by atoms with van der Waals surface area (Å²) in [6, 6.07) is 25.2. The predicted octanol–water partition coefficient (Wildman–Crippen LogP) is 5.88. The third-order valence-electron chi connectivity index (χ3n) is 5.26. The quantitative estimate of drug-likeness (QED) is 0.376. The van der Waals surface area contributed by atoms with Crippen molar-refractivity contribution in [2.75, 3.05) is 31.1 Å². The second-order valence-corrected chi connectivity index (χ2v) is 8.05. The fourth-order valence-corrected chi connectivity index (χ4v) is 4.02. The number of halogens is 2. The number of hydrogen-bond acceptors (Lipinski definition) is 2. The standard InChI is InChI=1S/C25H22Cl2N2O/c26-21-10-6-11-22(18-21)28-13-15-29(16-14-28)25(30)23(19-7-2-1-3-8-19)17-20-9-4-5-12-24(20)27/h1-12,17-18H,13-16H2/b23-17+. The number of hydrogen-bond donors (Lipinski definition) is 0. The van der Waals surface area contributed by atoms with Gasteiger partial charge in [0.1, 0.15) is 0 Å². The fourth-order valence-electron chi connectivity index (χ4n) is 3.64. The summed E-state index contributed by atoms with van der Waals surface area (Å²) in [6.45, 7) is 2.83. The first kappa shape index (κ1) is 20.5. The van der Waals surface area contributed by atoms with Crippen molar-refractivity contribution in [2.45, 2.75) is 0 Å². The molecule has 0 N–H and O–H groups in total. The lowest BCUT2D eigenvalue weighted by molar-refractivity contribution is -0.125. The van der Waals surface area contributed by atoms with Gasteiger partial charge < -0.3 is 9.80 Å². The highest BCUT2D eigenvalue weighted by molar-refractivity contribution is 6.33. The molecule has 0 unspecified atom stereocenters. The van der Waals surface area contributed by atoms with Gasteiger partial charge in [0.25, 0.3) is 5.91 Å². The van der Waals surface area contributed by atoms with Gasteiger partial charge >= 0.3 is 0 Å². The van der Waals surface area contributed by atoms with Crippen LogP contribution in [0, 0.1) is 0 Å². The van der Waals surface area contributed by atoms with Crippen molar-refractivity contribution < 1.29 is 4.79 Å². The maximum atomic E-state index is 13.5. The van der Waals surface area contributed by atoms with Crippen LogP contribution in [0.4, 0.5) is 5.69 Å². The van der Waals surface area contributed by atoms with Crippen molar-refractivity contribution >= 4 is 46.4 Å². The molecular formula is C25H22Cl2N2O. The van der Waals surface area contributed by atoms with Crippen molar-refractivity contribution in [3.63, 3.8) is 0 Å². The Bertz CT molecular complexity index is 1060. The zero-order chi connectivity index (χ0) is 20.9. The molecule has 0 bridgehead atoms. The van der Waals surface area contributed by atoms with Crippen molar-refractivity contribution in [1.29, 1.82) is 0 Å². The molecular weight excluding hydrogens is 415 g/mol. The van der Waals surface area contributed by atoms with Crippen LogP contribution in [0.2, 0.25) is 10.0 Å². The first-order valence-corrected chi connectivity index (χ1v) is 10.7. The first-order chi connectivity index (χ1) is 14.6. The maximum absolute atomic E-state index is 13.5. The Balaban J connectivity index is 1.57. The molecule has 4 rings (SSSR count). The number of carbonyl (C=O) groups is 1. The first-order valence-electron chi connectivity index (χ1n) is 9.93. The highest BCUT2D eigenvalue weighted by Crippen LogP contribution is 2.26. The summed E-state index contributed by atoms with van der Waals surface area (Å²) in [5.74, 6) is 0.0202. The van der Waals surface area contributed by atoms with Crippen LogP contribution in [-0.4, -0.2) is 37.0 Å². The van der Waals surface area contributed by atoms with E-state index in [1.165, 1.54) is 0 Å². The van der Waals surface area contributed by atoms with Crippen molar-refractivity contribution in [3.05, 3.63) is 100 Å². The zero-order valence-electron chi connectivity index (χ0n) is 16.5. The van der Waals surface area contributed by atoms with E-state index >= 15 is 0 Å². The highest BCUT2D eigenvalue weighted by Gasteiger charge is 2.25. The van der Waals surface area contributed by atoms with Crippen LogP contribution in [0.5, 0.6) is 0 Å². The Morgan fingerprint density at radius 1 is 0.800 bits per heavy atom. The minimum atomic E-state index is 0.0202. The van der Waals surface area contributed by atoms with Crippen LogP contribution < -0.4 is 4.90 Å². The van der Waals surface area contributed by atoms with Gasteiger partial charge in [-0.3, -0.25) is 4.79 Å². The molecule has 1 heterocycles. The van der Waals surface area contributed by atoms with Gasteiger partial charge in [0.05, 0.1) is 0 Å². The molecule has 0 aliphatic carbocycles. The molecule has 1 fully saturated rings. The van der Waals surface area contributed by atoms with Crippen LogP contribution in [0.3, 0.4) is 0 Å². The number of anilines is 1.